The molecule has 1 aromatic heterocycles. The fourth-order valence-electron chi connectivity index (χ4n) is 2.90. The molecule has 2 atom stereocenters. The molecule has 1 aliphatic rings. The van der Waals surface area contributed by atoms with Crippen molar-refractivity contribution in [3.63, 3.8) is 0 Å². The van der Waals surface area contributed by atoms with E-state index in [9.17, 15) is 0 Å². The third-order valence-electron chi connectivity index (χ3n) is 4.00. The lowest BCUT2D eigenvalue weighted by Gasteiger charge is -2.31. The van der Waals surface area contributed by atoms with E-state index in [0.29, 0.717) is 5.92 Å². The summed E-state index contributed by atoms with van der Waals surface area (Å²) in [5, 5.41) is 1.13. The van der Waals surface area contributed by atoms with Crippen LogP contribution in [-0.2, 0) is 0 Å². The van der Waals surface area contributed by atoms with Gasteiger partial charge in [-0.1, -0.05) is 12.5 Å². The maximum absolute atomic E-state index is 6.16. The Bertz CT molecular complexity index is 555. The Hall–Kier alpha value is -1.61. The van der Waals surface area contributed by atoms with Crippen LogP contribution < -0.4 is 10.5 Å². The van der Waals surface area contributed by atoms with Gasteiger partial charge in [0.1, 0.15) is 11.9 Å². The van der Waals surface area contributed by atoms with Gasteiger partial charge in [0.15, 0.2) is 0 Å². The summed E-state index contributed by atoms with van der Waals surface area (Å²) in [5.41, 5.74) is 6.86. The number of pyridine rings is 1. The molecule has 3 nitrogen and oxygen atoms in total. The van der Waals surface area contributed by atoms with Crippen LogP contribution in [0.1, 0.15) is 25.7 Å². The zero-order chi connectivity index (χ0) is 13.1. The smallest absolute Gasteiger partial charge is 0.120 e. The van der Waals surface area contributed by atoms with Gasteiger partial charge in [-0.2, -0.15) is 0 Å². The first kappa shape index (κ1) is 12.4. The number of fused-ring (bicyclic) bond motifs is 1. The first-order valence-corrected chi connectivity index (χ1v) is 7.08. The molecule has 2 aromatic rings. The number of hydrogen-bond acceptors (Lipinski definition) is 3. The van der Waals surface area contributed by atoms with E-state index in [1.807, 2.05) is 24.4 Å². The zero-order valence-electron chi connectivity index (χ0n) is 11.1. The second kappa shape index (κ2) is 5.57. The molecule has 100 valence electrons. The second-order valence-electron chi connectivity index (χ2n) is 5.29. The fourth-order valence-corrected chi connectivity index (χ4v) is 2.90. The minimum atomic E-state index is 0.271. The molecule has 3 heteroatoms. The summed E-state index contributed by atoms with van der Waals surface area (Å²) in [7, 11) is 0. The van der Waals surface area contributed by atoms with Crippen molar-refractivity contribution in [3.8, 4) is 5.75 Å². The van der Waals surface area contributed by atoms with Crippen LogP contribution in [0, 0.1) is 5.92 Å². The summed E-state index contributed by atoms with van der Waals surface area (Å²) in [6, 6.07) is 10.1. The standard InChI is InChI=1S/C16H20N2O/c17-11-13-4-1-2-6-16(13)19-14-7-8-15-12(10-14)5-3-9-18-15/h3,5,7-10,13,16H,1-2,4,6,11,17H2. The summed E-state index contributed by atoms with van der Waals surface area (Å²) in [6.07, 6.45) is 6.92. The summed E-state index contributed by atoms with van der Waals surface area (Å²) in [4.78, 5) is 4.32. The highest BCUT2D eigenvalue weighted by molar-refractivity contribution is 5.79. The Morgan fingerprint density at radius 1 is 1.21 bits per heavy atom. The van der Waals surface area contributed by atoms with Gasteiger partial charge < -0.3 is 10.5 Å². The average Bonchev–Trinajstić information content (AvgIpc) is 2.48. The van der Waals surface area contributed by atoms with Crippen molar-refractivity contribution in [1.29, 1.82) is 0 Å². The molecular formula is C16H20N2O. The highest BCUT2D eigenvalue weighted by Crippen LogP contribution is 2.29. The summed E-state index contributed by atoms with van der Waals surface area (Å²) < 4.78 is 6.16. The molecule has 2 unspecified atom stereocenters. The minimum Gasteiger partial charge on any atom is -0.490 e. The minimum absolute atomic E-state index is 0.271. The van der Waals surface area contributed by atoms with Crippen LogP contribution in [0.15, 0.2) is 36.5 Å². The average molecular weight is 256 g/mol. The summed E-state index contributed by atoms with van der Waals surface area (Å²) in [6.45, 7) is 0.722. The van der Waals surface area contributed by atoms with Crippen LogP contribution >= 0.6 is 0 Å². The van der Waals surface area contributed by atoms with Gasteiger partial charge in [-0.15, -0.1) is 0 Å². The molecule has 3 rings (SSSR count). The van der Waals surface area contributed by atoms with E-state index in [-0.39, 0.29) is 6.10 Å². The molecule has 1 aromatic carbocycles. The molecule has 0 spiro atoms. The van der Waals surface area contributed by atoms with Crippen LogP contribution in [0.2, 0.25) is 0 Å². The molecule has 1 fully saturated rings. The predicted molar refractivity (Wildman–Crippen MR) is 77.2 cm³/mol. The van der Waals surface area contributed by atoms with Crippen LogP contribution in [0.5, 0.6) is 5.75 Å². The van der Waals surface area contributed by atoms with Crippen LogP contribution in [-0.4, -0.2) is 17.6 Å². The Morgan fingerprint density at radius 2 is 2.11 bits per heavy atom. The molecule has 0 aliphatic heterocycles. The molecule has 1 aliphatic carbocycles. The lowest BCUT2D eigenvalue weighted by atomic mass is 9.86. The van der Waals surface area contributed by atoms with Crippen molar-refractivity contribution in [3.05, 3.63) is 36.5 Å². The van der Waals surface area contributed by atoms with Gasteiger partial charge in [-0.05, 0) is 50.1 Å². The number of nitrogens with two attached hydrogens (primary N) is 1. The van der Waals surface area contributed by atoms with Crippen LogP contribution in [0.3, 0.4) is 0 Å². The first-order chi connectivity index (χ1) is 9.36. The Balaban J connectivity index is 1.80. The van der Waals surface area contributed by atoms with Gasteiger partial charge in [0.05, 0.1) is 5.52 Å². The largest absolute Gasteiger partial charge is 0.490 e. The number of benzene rings is 1. The Kier molecular flexibility index (Phi) is 3.65. The maximum atomic E-state index is 6.16. The number of rotatable bonds is 3. The van der Waals surface area contributed by atoms with Crippen molar-refractivity contribution in [2.24, 2.45) is 11.7 Å². The Morgan fingerprint density at radius 3 is 3.00 bits per heavy atom. The molecule has 0 bridgehead atoms. The number of ether oxygens (including phenoxy) is 1. The van der Waals surface area contributed by atoms with E-state index in [0.717, 1.165) is 29.6 Å². The summed E-state index contributed by atoms with van der Waals surface area (Å²) in [5.74, 6) is 1.43. The van der Waals surface area contributed by atoms with Crippen LogP contribution in [0.25, 0.3) is 10.9 Å². The van der Waals surface area contributed by atoms with Crippen molar-refractivity contribution in [2.45, 2.75) is 31.8 Å². The second-order valence-corrected chi connectivity index (χ2v) is 5.29. The van der Waals surface area contributed by atoms with E-state index >= 15 is 0 Å². The van der Waals surface area contributed by atoms with Gasteiger partial charge in [0, 0.05) is 17.5 Å². The van der Waals surface area contributed by atoms with E-state index < -0.39 is 0 Å². The molecular weight excluding hydrogens is 236 g/mol. The third kappa shape index (κ3) is 2.71. The van der Waals surface area contributed by atoms with Crippen molar-refractivity contribution >= 4 is 10.9 Å². The lowest BCUT2D eigenvalue weighted by Crippen LogP contribution is -2.35. The molecule has 19 heavy (non-hydrogen) atoms. The van der Waals surface area contributed by atoms with E-state index in [4.69, 9.17) is 10.5 Å². The van der Waals surface area contributed by atoms with Crippen molar-refractivity contribution in [1.82, 2.24) is 4.98 Å². The molecule has 1 saturated carbocycles. The Labute approximate surface area is 113 Å². The van der Waals surface area contributed by atoms with Crippen molar-refractivity contribution in [2.75, 3.05) is 6.54 Å². The summed E-state index contributed by atoms with van der Waals surface area (Å²) >= 11 is 0. The highest BCUT2D eigenvalue weighted by Gasteiger charge is 2.25. The third-order valence-corrected chi connectivity index (χ3v) is 4.00. The van der Waals surface area contributed by atoms with Gasteiger partial charge in [-0.3, -0.25) is 4.98 Å². The van der Waals surface area contributed by atoms with E-state index in [1.165, 1.54) is 19.3 Å². The maximum Gasteiger partial charge on any atom is 0.120 e. The fraction of sp³-hybridized carbons (Fsp3) is 0.438. The molecule has 0 saturated heterocycles. The molecule has 1 heterocycles. The zero-order valence-corrected chi connectivity index (χ0v) is 11.1. The van der Waals surface area contributed by atoms with Gasteiger partial charge in [-0.25, -0.2) is 0 Å². The predicted octanol–water partition coefficient (Wildman–Crippen LogP) is 3.13. The molecule has 0 amide bonds. The lowest BCUT2D eigenvalue weighted by molar-refractivity contribution is 0.0971. The highest BCUT2D eigenvalue weighted by atomic mass is 16.5. The molecule has 2 N–H and O–H groups in total. The topological polar surface area (TPSA) is 48.1 Å². The first-order valence-electron chi connectivity index (χ1n) is 7.08. The SMILES string of the molecule is NCC1CCCCC1Oc1ccc2ncccc2c1. The normalized spacial score (nSPS) is 23.4. The van der Waals surface area contributed by atoms with Gasteiger partial charge in [0.25, 0.3) is 0 Å². The number of hydrogen-bond donors (Lipinski definition) is 1. The molecule has 0 radical (unpaired) electrons. The number of aromatic nitrogens is 1. The monoisotopic (exact) mass is 256 g/mol. The van der Waals surface area contributed by atoms with E-state index in [1.54, 1.807) is 0 Å². The quantitative estimate of drug-likeness (QED) is 0.917. The van der Waals surface area contributed by atoms with Gasteiger partial charge in [0.2, 0.25) is 0 Å². The van der Waals surface area contributed by atoms with E-state index in [2.05, 4.69) is 17.1 Å². The van der Waals surface area contributed by atoms with Gasteiger partial charge >= 0.3 is 0 Å². The van der Waals surface area contributed by atoms with Crippen LogP contribution in [0.4, 0.5) is 0 Å². The van der Waals surface area contributed by atoms with Crippen molar-refractivity contribution < 1.29 is 4.74 Å². The number of nitrogens with zero attached hydrogens (tertiary/aromatic N) is 1.